The van der Waals surface area contributed by atoms with Crippen molar-refractivity contribution in [1.29, 1.82) is 5.26 Å². The van der Waals surface area contributed by atoms with Gasteiger partial charge in [0, 0.05) is 19.1 Å². The van der Waals surface area contributed by atoms with Crippen LogP contribution in [-0.2, 0) is 0 Å². The predicted octanol–water partition coefficient (Wildman–Crippen LogP) is 2.07. The third kappa shape index (κ3) is 5.05. The first-order valence-corrected chi connectivity index (χ1v) is 8.12. The Labute approximate surface area is 125 Å². The number of hydrogen-bond acceptors (Lipinski definition) is 4. The van der Waals surface area contributed by atoms with E-state index in [0.717, 1.165) is 45.4 Å². The largest absolute Gasteiger partial charge is 0.308 e. The zero-order valence-corrected chi connectivity index (χ0v) is 13.8. The lowest BCUT2D eigenvalue weighted by atomic mass is 9.79. The van der Waals surface area contributed by atoms with Crippen molar-refractivity contribution in [3.63, 3.8) is 0 Å². The van der Waals surface area contributed by atoms with E-state index in [1.54, 1.807) is 0 Å². The smallest absolute Gasteiger partial charge is 0.108 e. The molecule has 0 radical (unpaired) electrons. The first kappa shape index (κ1) is 17.4. The second-order valence-electron chi connectivity index (χ2n) is 6.31. The fourth-order valence-corrected chi connectivity index (χ4v) is 3.29. The van der Waals surface area contributed by atoms with Crippen LogP contribution in [0, 0.1) is 11.3 Å². The Morgan fingerprint density at radius 3 is 2.55 bits per heavy atom. The van der Waals surface area contributed by atoms with Gasteiger partial charge in [0.2, 0.25) is 0 Å². The Bertz CT molecular complexity index is 306. The molecule has 0 aromatic carbocycles. The summed E-state index contributed by atoms with van der Waals surface area (Å²) in [6.07, 6.45) is 5.56. The third-order valence-corrected chi connectivity index (χ3v) is 4.32. The number of nitrogens with one attached hydrogen (secondary N) is 1. The van der Waals surface area contributed by atoms with E-state index in [-0.39, 0.29) is 5.54 Å². The molecular weight excluding hydrogens is 248 g/mol. The van der Waals surface area contributed by atoms with E-state index in [9.17, 15) is 5.26 Å². The van der Waals surface area contributed by atoms with Crippen molar-refractivity contribution >= 4 is 0 Å². The maximum atomic E-state index is 9.58. The van der Waals surface area contributed by atoms with Gasteiger partial charge in [-0.05, 0) is 59.3 Å². The molecule has 0 aliphatic heterocycles. The van der Waals surface area contributed by atoms with Crippen molar-refractivity contribution < 1.29 is 0 Å². The third-order valence-electron chi connectivity index (χ3n) is 4.32. The van der Waals surface area contributed by atoms with E-state index in [0.29, 0.717) is 6.04 Å². The van der Waals surface area contributed by atoms with Gasteiger partial charge in [-0.1, -0.05) is 13.8 Å². The minimum Gasteiger partial charge on any atom is -0.308 e. The molecule has 2 atom stereocenters. The summed E-state index contributed by atoms with van der Waals surface area (Å²) in [6.45, 7) is 8.57. The molecule has 1 aliphatic rings. The Balaban J connectivity index is 2.67. The van der Waals surface area contributed by atoms with E-state index in [4.69, 9.17) is 0 Å². The molecule has 2 unspecified atom stereocenters. The van der Waals surface area contributed by atoms with Crippen molar-refractivity contribution in [2.75, 3.05) is 40.3 Å². The number of likely N-dealkylation sites (N-methyl/N-ethyl adjacent to an activating group) is 1. The molecule has 1 saturated carbocycles. The Kier molecular flexibility index (Phi) is 7.50. The molecule has 0 saturated heterocycles. The van der Waals surface area contributed by atoms with Gasteiger partial charge in [-0.3, -0.25) is 10.2 Å². The van der Waals surface area contributed by atoms with E-state index in [1.807, 2.05) is 0 Å². The molecule has 1 aliphatic carbocycles. The van der Waals surface area contributed by atoms with Gasteiger partial charge in [-0.25, -0.2) is 0 Å². The van der Waals surface area contributed by atoms with Crippen LogP contribution in [0.2, 0.25) is 0 Å². The van der Waals surface area contributed by atoms with Crippen molar-refractivity contribution in [1.82, 2.24) is 15.1 Å². The highest BCUT2D eigenvalue weighted by atomic mass is 15.2. The summed E-state index contributed by atoms with van der Waals surface area (Å²) in [5.74, 6) is 0. The van der Waals surface area contributed by atoms with Gasteiger partial charge in [0.05, 0.1) is 6.07 Å². The number of nitrogens with zero attached hydrogens (tertiary/aromatic N) is 3. The van der Waals surface area contributed by atoms with E-state index < -0.39 is 0 Å². The molecule has 0 bridgehead atoms. The van der Waals surface area contributed by atoms with Crippen LogP contribution in [0.4, 0.5) is 0 Å². The molecule has 4 heteroatoms. The van der Waals surface area contributed by atoms with Crippen molar-refractivity contribution in [2.24, 2.45) is 0 Å². The summed E-state index contributed by atoms with van der Waals surface area (Å²) in [6, 6.07) is 3.12. The molecule has 1 rings (SSSR count). The van der Waals surface area contributed by atoms with Crippen LogP contribution in [-0.4, -0.2) is 61.7 Å². The highest BCUT2D eigenvalue weighted by Gasteiger charge is 2.37. The van der Waals surface area contributed by atoms with Gasteiger partial charge in [0.15, 0.2) is 0 Å². The average molecular weight is 280 g/mol. The molecular formula is C16H32N4. The minimum absolute atomic E-state index is 0.290. The Hall–Kier alpha value is -0.630. The van der Waals surface area contributed by atoms with E-state index in [1.165, 1.54) is 12.8 Å². The maximum Gasteiger partial charge on any atom is 0.108 e. The second-order valence-corrected chi connectivity index (χ2v) is 6.31. The average Bonchev–Trinajstić information content (AvgIpc) is 2.44. The van der Waals surface area contributed by atoms with Gasteiger partial charge in [-0.2, -0.15) is 5.26 Å². The zero-order valence-electron chi connectivity index (χ0n) is 13.8. The molecule has 116 valence electrons. The van der Waals surface area contributed by atoms with Gasteiger partial charge >= 0.3 is 0 Å². The Morgan fingerprint density at radius 2 is 2.00 bits per heavy atom. The summed E-state index contributed by atoms with van der Waals surface area (Å²) >= 11 is 0. The summed E-state index contributed by atoms with van der Waals surface area (Å²) in [7, 11) is 4.26. The zero-order chi connectivity index (χ0) is 15.0. The van der Waals surface area contributed by atoms with Crippen molar-refractivity contribution in [3.05, 3.63) is 0 Å². The quantitative estimate of drug-likeness (QED) is 0.739. The number of rotatable bonds is 8. The van der Waals surface area contributed by atoms with Gasteiger partial charge in [-0.15, -0.1) is 0 Å². The first-order valence-electron chi connectivity index (χ1n) is 8.12. The van der Waals surface area contributed by atoms with Crippen LogP contribution >= 0.6 is 0 Å². The standard InChI is InChI=1S/C16H32N4/c1-5-10-20(12-11-19(3)4)15-8-7-9-16(13-15,14-17)18-6-2/h15,18H,5-13H2,1-4H3. The van der Waals surface area contributed by atoms with Crippen LogP contribution < -0.4 is 5.32 Å². The molecule has 4 nitrogen and oxygen atoms in total. The lowest BCUT2D eigenvalue weighted by Gasteiger charge is -2.42. The van der Waals surface area contributed by atoms with Crippen molar-refractivity contribution in [3.8, 4) is 6.07 Å². The second kappa shape index (κ2) is 8.61. The Morgan fingerprint density at radius 1 is 1.25 bits per heavy atom. The first-order chi connectivity index (χ1) is 9.56. The molecule has 0 aromatic rings. The highest BCUT2D eigenvalue weighted by molar-refractivity contribution is 5.11. The summed E-state index contributed by atoms with van der Waals surface area (Å²) in [5, 5.41) is 13.0. The van der Waals surface area contributed by atoms with Crippen LogP contribution in [0.3, 0.4) is 0 Å². The number of nitriles is 1. The lowest BCUT2D eigenvalue weighted by Crippen LogP contribution is -2.53. The topological polar surface area (TPSA) is 42.3 Å². The molecule has 1 N–H and O–H groups in total. The van der Waals surface area contributed by atoms with Crippen LogP contribution in [0.1, 0.15) is 46.0 Å². The molecule has 0 aromatic heterocycles. The molecule has 20 heavy (non-hydrogen) atoms. The monoisotopic (exact) mass is 280 g/mol. The van der Waals surface area contributed by atoms with Crippen molar-refractivity contribution in [2.45, 2.75) is 57.5 Å². The normalized spacial score (nSPS) is 26.9. The van der Waals surface area contributed by atoms with Crippen LogP contribution in [0.15, 0.2) is 0 Å². The molecule has 0 spiro atoms. The fraction of sp³-hybridized carbons (Fsp3) is 0.938. The van der Waals surface area contributed by atoms with Gasteiger partial charge in [0.25, 0.3) is 0 Å². The van der Waals surface area contributed by atoms with Crippen LogP contribution in [0.25, 0.3) is 0 Å². The maximum absolute atomic E-state index is 9.58. The fourth-order valence-electron chi connectivity index (χ4n) is 3.29. The highest BCUT2D eigenvalue weighted by Crippen LogP contribution is 2.31. The molecule has 0 heterocycles. The van der Waals surface area contributed by atoms with Gasteiger partial charge in [0.1, 0.15) is 5.54 Å². The molecule has 0 amide bonds. The van der Waals surface area contributed by atoms with E-state index in [2.05, 4.69) is 49.1 Å². The predicted molar refractivity (Wildman–Crippen MR) is 84.7 cm³/mol. The SMILES string of the molecule is CCCN(CCN(C)C)C1CCCC(C#N)(NCC)C1. The molecule has 1 fully saturated rings. The number of hydrogen-bond donors (Lipinski definition) is 1. The van der Waals surface area contributed by atoms with Gasteiger partial charge < -0.3 is 4.90 Å². The van der Waals surface area contributed by atoms with Crippen LogP contribution in [0.5, 0.6) is 0 Å². The van der Waals surface area contributed by atoms with E-state index >= 15 is 0 Å². The summed E-state index contributed by atoms with van der Waals surface area (Å²) in [4.78, 5) is 4.84. The summed E-state index contributed by atoms with van der Waals surface area (Å²) in [5.41, 5.74) is -0.290. The summed E-state index contributed by atoms with van der Waals surface area (Å²) < 4.78 is 0. The minimum atomic E-state index is -0.290. The lowest BCUT2D eigenvalue weighted by molar-refractivity contribution is 0.112.